The summed E-state index contributed by atoms with van der Waals surface area (Å²) in [4.78, 5) is 4.32. The van der Waals surface area contributed by atoms with Crippen LogP contribution in [-0.2, 0) is 6.61 Å². The Hall–Kier alpha value is -1.46. The Morgan fingerprint density at radius 3 is 2.94 bits per heavy atom. The second-order valence-electron chi connectivity index (χ2n) is 3.65. The minimum absolute atomic E-state index is 0.307. The van der Waals surface area contributed by atoms with Crippen molar-refractivity contribution in [2.75, 3.05) is 0 Å². The molecule has 18 heavy (non-hydrogen) atoms. The quantitative estimate of drug-likeness (QED) is 0.879. The Labute approximate surface area is 119 Å². The molecule has 92 valence electrons. The largest absolute Gasteiger partial charge is 0.487 e. The van der Waals surface area contributed by atoms with Crippen LogP contribution in [0.3, 0.4) is 0 Å². The Morgan fingerprint density at radius 1 is 1.39 bits per heavy atom. The summed E-state index contributed by atoms with van der Waals surface area (Å²) in [5.74, 6) is 0.602. The monoisotopic (exact) mass is 322 g/mol. The highest BCUT2D eigenvalue weighted by Crippen LogP contribution is 2.19. The van der Waals surface area contributed by atoms with Gasteiger partial charge in [0.2, 0.25) is 0 Å². The second kappa shape index (κ2) is 5.93. The Bertz CT molecular complexity index is 574. The Morgan fingerprint density at radius 2 is 2.22 bits per heavy atom. The van der Waals surface area contributed by atoms with E-state index in [2.05, 4.69) is 20.9 Å². The van der Waals surface area contributed by atoms with Gasteiger partial charge >= 0.3 is 0 Å². The molecule has 0 saturated heterocycles. The fraction of sp³-hybridized carbons (Fsp3) is 0.0769. The number of rotatable bonds is 4. The van der Waals surface area contributed by atoms with E-state index in [0.29, 0.717) is 22.9 Å². The zero-order valence-corrected chi connectivity index (χ0v) is 11.9. The number of hydrogen-bond acceptors (Lipinski definition) is 3. The highest BCUT2D eigenvalue weighted by Gasteiger charge is 2.06. The van der Waals surface area contributed by atoms with Crippen LogP contribution in [0.2, 0.25) is 0 Å². The van der Waals surface area contributed by atoms with Crippen LogP contribution in [0, 0.1) is 0 Å². The van der Waals surface area contributed by atoms with E-state index in [1.165, 1.54) is 0 Å². The number of hydrogen-bond donors (Lipinski definition) is 1. The van der Waals surface area contributed by atoms with E-state index in [1.54, 1.807) is 18.5 Å². The molecule has 1 heterocycles. The van der Waals surface area contributed by atoms with Crippen molar-refractivity contribution in [2.45, 2.75) is 6.61 Å². The number of nitrogens with two attached hydrogens (primary N) is 1. The van der Waals surface area contributed by atoms with Crippen molar-refractivity contribution in [1.29, 1.82) is 0 Å². The van der Waals surface area contributed by atoms with Crippen LogP contribution in [0.4, 0.5) is 0 Å². The molecule has 5 heteroatoms. The van der Waals surface area contributed by atoms with Gasteiger partial charge in [-0.3, -0.25) is 4.98 Å². The van der Waals surface area contributed by atoms with E-state index in [-0.39, 0.29) is 0 Å². The maximum Gasteiger partial charge on any atom is 0.148 e. The third kappa shape index (κ3) is 3.27. The summed E-state index contributed by atoms with van der Waals surface area (Å²) in [7, 11) is 0. The molecule has 0 saturated carbocycles. The third-order valence-electron chi connectivity index (χ3n) is 2.33. The molecular weight excluding hydrogens is 312 g/mol. The van der Waals surface area contributed by atoms with Crippen molar-refractivity contribution >= 4 is 33.1 Å². The van der Waals surface area contributed by atoms with Gasteiger partial charge in [0.1, 0.15) is 17.3 Å². The molecule has 0 aliphatic rings. The van der Waals surface area contributed by atoms with Gasteiger partial charge in [-0.2, -0.15) is 0 Å². The molecule has 0 amide bonds. The Kier molecular flexibility index (Phi) is 4.28. The van der Waals surface area contributed by atoms with Gasteiger partial charge in [-0.05, 0) is 23.8 Å². The van der Waals surface area contributed by atoms with Crippen molar-refractivity contribution in [1.82, 2.24) is 4.98 Å². The first-order valence-electron chi connectivity index (χ1n) is 5.28. The lowest BCUT2D eigenvalue weighted by Gasteiger charge is -2.10. The van der Waals surface area contributed by atoms with Crippen molar-refractivity contribution < 1.29 is 4.74 Å². The van der Waals surface area contributed by atoms with Crippen LogP contribution in [0.1, 0.15) is 11.1 Å². The summed E-state index contributed by atoms with van der Waals surface area (Å²) < 4.78 is 6.71. The molecule has 2 rings (SSSR count). The van der Waals surface area contributed by atoms with Crippen molar-refractivity contribution in [3.05, 3.63) is 58.3 Å². The Balaban J connectivity index is 2.13. The fourth-order valence-electron chi connectivity index (χ4n) is 1.49. The molecular formula is C13H11BrN2OS. The lowest BCUT2D eigenvalue weighted by atomic mass is 10.2. The van der Waals surface area contributed by atoms with Crippen LogP contribution < -0.4 is 10.5 Å². The average Bonchev–Trinajstić information content (AvgIpc) is 2.37. The van der Waals surface area contributed by atoms with Crippen LogP contribution in [0.5, 0.6) is 5.75 Å². The van der Waals surface area contributed by atoms with Crippen molar-refractivity contribution in [3.63, 3.8) is 0 Å². The van der Waals surface area contributed by atoms with Gasteiger partial charge in [0, 0.05) is 10.7 Å². The number of pyridine rings is 1. The minimum atomic E-state index is 0.307. The lowest BCUT2D eigenvalue weighted by molar-refractivity contribution is 0.304. The predicted molar refractivity (Wildman–Crippen MR) is 78.6 cm³/mol. The molecule has 0 fully saturated rings. The lowest BCUT2D eigenvalue weighted by Crippen LogP contribution is -2.11. The molecule has 0 bridgehead atoms. The molecule has 2 N–H and O–H groups in total. The smallest absolute Gasteiger partial charge is 0.148 e. The maximum atomic E-state index is 5.69. The summed E-state index contributed by atoms with van der Waals surface area (Å²) in [5.41, 5.74) is 7.39. The molecule has 2 aromatic rings. The van der Waals surface area contributed by atoms with E-state index in [9.17, 15) is 0 Å². The standard InChI is InChI=1S/C13H11BrN2OS/c14-10-3-1-2-9(6-10)8-17-12-7-16-5-4-11(12)13(15)18/h1-7H,8H2,(H2,15,18). The van der Waals surface area contributed by atoms with E-state index in [0.717, 1.165) is 10.0 Å². The summed E-state index contributed by atoms with van der Waals surface area (Å²) in [6.07, 6.45) is 3.26. The summed E-state index contributed by atoms with van der Waals surface area (Å²) >= 11 is 8.38. The summed E-state index contributed by atoms with van der Waals surface area (Å²) in [6, 6.07) is 9.66. The first-order chi connectivity index (χ1) is 8.66. The summed E-state index contributed by atoms with van der Waals surface area (Å²) in [5, 5.41) is 0. The number of benzene rings is 1. The van der Waals surface area contributed by atoms with Crippen LogP contribution in [-0.4, -0.2) is 9.97 Å². The van der Waals surface area contributed by atoms with Crippen molar-refractivity contribution in [2.24, 2.45) is 5.73 Å². The fourth-order valence-corrected chi connectivity index (χ4v) is 2.10. The van der Waals surface area contributed by atoms with Gasteiger partial charge in [0.05, 0.1) is 11.8 Å². The molecule has 0 spiro atoms. The first-order valence-corrected chi connectivity index (χ1v) is 6.48. The number of halogens is 1. The maximum absolute atomic E-state index is 5.69. The van der Waals surface area contributed by atoms with Gasteiger partial charge < -0.3 is 10.5 Å². The van der Waals surface area contributed by atoms with Gasteiger partial charge in [0.25, 0.3) is 0 Å². The van der Waals surface area contributed by atoms with Crippen molar-refractivity contribution in [3.8, 4) is 5.75 Å². The minimum Gasteiger partial charge on any atom is -0.487 e. The van der Waals surface area contributed by atoms with Gasteiger partial charge in [-0.1, -0.05) is 40.3 Å². The highest BCUT2D eigenvalue weighted by molar-refractivity contribution is 9.10. The predicted octanol–water partition coefficient (Wildman–Crippen LogP) is 3.06. The van der Waals surface area contributed by atoms with Crippen LogP contribution >= 0.6 is 28.1 Å². The van der Waals surface area contributed by atoms with E-state index in [4.69, 9.17) is 22.7 Å². The third-order valence-corrected chi connectivity index (χ3v) is 3.05. The molecule has 3 nitrogen and oxygen atoms in total. The van der Waals surface area contributed by atoms with Gasteiger partial charge in [-0.25, -0.2) is 0 Å². The molecule has 1 aromatic carbocycles. The number of thiocarbonyl (C=S) groups is 1. The van der Waals surface area contributed by atoms with Gasteiger partial charge in [-0.15, -0.1) is 0 Å². The van der Waals surface area contributed by atoms with Crippen LogP contribution in [0.25, 0.3) is 0 Å². The zero-order valence-electron chi connectivity index (χ0n) is 9.47. The molecule has 0 aliphatic carbocycles. The highest BCUT2D eigenvalue weighted by atomic mass is 79.9. The molecule has 1 aromatic heterocycles. The SMILES string of the molecule is NC(=S)c1ccncc1OCc1cccc(Br)c1. The van der Waals surface area contributed by atoms with E-state index in [1.807, 2.05) is 24.3 Å². The van der Waals surface area contributed by atoms with E-state index >= 15 is 0 Å². The number of aromatic nitrogens is 1. The second-order valence-corrected chi connectivity index (χ2v) is 5.01. The normalized spacial score (nSPS) is 10.1. The van der Waals surface area contributed by atoms with Gasteiger partial charge in [0.15, 0.2) is 0 Å². The molecule has 0 atom stereocenters. The first kappa shape index (κ1) is 13.0. The average molecular weight is 323 g/mol. The van der Waals surface area contributed by atoms with Crippen LogP contribution in [0.15, 0.2) is 47.2 Å². The summed E-state index contributed by atoms with van der Waals surface area (Å²) in [6.45, 7) is 0.445. The topological polar surface area (TPSA) is 48.1 Å². The zero-order chi connectivity index (χ0) is 13.0. The number of nitrogens with zero attached hydrogens (tertiary/aromatic N) is 1. The number of ether oxygens (including phenoxy) is 1. The molecule has 0 aliphatic heterocycles. The molecule has 0 radical (unpaired) electrons. The molecule has 0 unspecified atom stereocenters. The van der Waals surface area contributed by atoms with E-state index < -0.39 is 0 Å².